The molecule has 3 rings (SSSR count). The highest BCUT2D eigenvalue weighted by Crippen LogP contribution is 2.32. The van der Waals surface area contributed by atoms with Crippen LogP contribution in [-0.4, -0.2) is 39.6 Å². The lowest BCUT2D eigenvalue weighted by molar-refractivity contribution is -0.127. The number of aromatic nitrogens is 2. The van der Waals surface area contributed by atoms with Crippen molar-refractivity contribution in [2.75, 3.05) is 18.8 Å². The van der Waals surface area contributed by atoms with Crippen LogP contribution in [0.4, 0.5) is 0 Å². The number of amides is 1. The van der Waals surface area contributed by atoms with Crippen LogP contribution in [0.2, 0.25) is 0 Å². The van der Waals surface area contributed by atoms with Crippen LogP contribution in [-0.2, 0) is 4.79 Å². The van der Waals surface area contributed by atoms with Gasteiger partial charge in [0.15, 0.2) is 0 Å². The summed E-state index contributed by atoms with van der Waals surface area (Å²) < 4.78 is 0. The molecule has 0 unspecified atom stereocenters. The maximum absolute atomic E-state index is 12.1. The monoisotopic (exact) mass is 331 g/mol. The largest absolute Gasteiger partial charge is 0.342 e. The van der Waals surface area contributed by atoms with Gasteiger partial charge in [0.25, 0.3) is 0 Å². The third-order valence-electron chi connectivity index (χ3n) is 3.38. The third kappa shape index (κ3) is 4.01. The van der Waals surface area contributed by atoms with Gasteiger partial charge in [-0.25, -0.2) is 9.97 Å². The zero-order valence-electron chi connectivity index (χ0n) is 12.1. The van der Waals surface area contributed by atoms with E-state index in [1.165, 1.54) is 11.8 Å². The fourth-order valence-electron chi connectivity index (χ4n) is 2.27. The summed E-state index contributed by atoms with van der Waals surface area (Å²) in [6.45, 7) is 1.79. The molecule has 114 valence electrons. The smallest absolute Gasteiger partial charge is 0.232 e. The molecule has 1 aliphatic rings. The maximum atomic E-state index is 12.1. The van der Waals surface area contributed by atoms with Gasteiger partial charge in [-0.15, -0.1) is 0 Å². The van der Waals surface area contributed by atoms with Crippen molar-refractivity contribution >= 4 is 29.4 Å². The van der Waals surface area contributed by atoms with Gasteiger partial charge in [-0.05, 0) is 25.0 Å². The van der Waals surface area contributed by atoms with Gasteiger partial charge in [0.05, 0.1) is 5.75 Å². The molecule has 4 nitrogen and oxygen atoms in total. The van der Waals surface area contributed by atoms with E-state index in [0.29, 0.717) is 5.75 Å². The van der Waals surface area contributed by atoms with Crippen LogP contribution < -0.4 is 0 Å². The van der Waals surface area contributed by atoms with E-state index in [1.807, 2.05) is 35.2 Å². The first kappa shape index (κ1) is 15.4. The Kier molecular flexibility index (Phi) is 5.34. The van der Waals surface area contributed by atoms with Crippen LogP contribution in [0.3, 0.4) is 0 Å². The Morgan fingerprint density at radius 2 is 1.73 bits per heavy atom. The van der Waals surface area contributed by atoms with E-state index in [-0.39, 0.29) is 5.91 Å². The summed E-state index contributed by atoms with van der Waals surface area (Å²) in [5, 5.41) is 1.68. The predicted octanol–water partition coefficient (Wildman–Crippen LogP) is 3.34. The molecule has 0 radical (unpaired) electrons. The van der Waals surface area contributed by atoms with Crippen molar-refractivity contribution in [3.8, 4) is 0 Å². The molecular weight excluding hydrogens is 314 g/mol. The minimum Gasteiger partial charge on any atom is -0.342 e. The van der Waals surface area contributed by atoms with Gasteiger partial charge in [0.1, 0.15) is 10.1 Å². The summed E-state index contributed by atoms with van der Waals surface area (Å²) in [6.07, 6.45) is 5.61. The van der Waals surface area contributed by atoms with Gasteiger partial charge >= 0.3 is 0 Å². The molecule has 1 fully saturated rings. The normalized spacial score (nSPS) is 14.3. The highest BCUT2D eigenvalue weighted by atomic mass is 32.2. The second kappa shape index (κ2) is 7.65. The number of benzene rings is 1. The minimum absolute atomic E-state index is 0.198. The van der Waals surface area contributed by atoms with Gasteiger partial charge < -0.3 is 4.90 Å². The summed E-state index contributed by atoms with van der Waals surface area (Å²) in [7, 11) is 0. The van der Waals surface area contributed by atoms with Gasteiger partial charge in [-0.2, -0.15) is 0 Å². The number of carbonyl (C=O) groups is 1. The second-order valence-electron chi connectivity index (χ2n) is 4.96. The summed E-state index contributed by atoms with van der Waals surface area (Å²) in [5.74, 6) is 0.630. The Morgan fingerprint density at radius 1 is 1.05 bits per heavy atom. The van der Waals surface area contributed by atoms with E-state index in [9.17, 15) is 4.79 Å². The average molecular weight is 331 g/mol. The number of rotatable bonds is 5. The van der Waals surface area contributed by atoms with E-state index in [0.717, 1.165) is 40.9 Å². The van der Waals surface area contributed by atoms with Crippen LogP contribution >= 0.6 is 23.5 Å². The summed E-state index contributed by atoms with van der Waals surface area (Å²) in [5.41, 5.74) is 0. The Labute approximate surface area is 138 Å². The highest BCUT2D eigenvalue weighted by molar-refractivity contribution is 8.02. The third-order valence-corrected chi connectivity index (χ3v) is 5.47. The zero-order valence-corrected chi connectivity index (χ0v) is 13.8. The lowest BCUT2D eigenvalue weighted by Crippen LogP contribution is -2.29. The molecule has 22 heavy (non-hydrogen) atoms. The quantitative estimate of drug-likeness (QED) is 0.786. The van der Waals surface area contributed by atoms with Gasteiger partial charge in [0.2, 0.25) is 5.91 Å². The molecule has 0 atom stereocenters. The van der Waals surface area contributed by atoms with Crippen LogP contribution in [0.1, 0.15) is 12.8 Å². The van der Waals surface area contributed by atoms with Crippen molar-refractivity contribution in [1.29, 1.82) is 0 Å². The number of nitrogens with zero attached hydrogens (tertiary/aromatic N) is 3. The van der Waals surface area contributed by atoms with E-state index in [2.05, 4.69) is 9.97 Å². The molecule has 1 aliphatic heterocycles. The SMILES string of the molecule is O=C(CSc1nccnc1Sc1ccccc1)N1CCCC1. The van der Waals surface area contributed by atoms with Crippen molar-refractivity contribution < 1.29 is 4.79 Å². The minimum atomic E-state index is 0.198. The molecule has 0 saturated carbocycles. The zero-order chi connectivity index (χ0) is 15.2. The molecule has 2 heterocycles. The van der Waals surface area contributed by atoms with Crippen LogP contribution in [0, 0.1) is 0 Å². The number of carbonyl (C=O) groups excluding carboxylic acids is 1. The molecule has 0 spiro atoms. The molecule has 6 heteroatoms. The summed E-state index contributed by atoms with van der Waals surface area (Å²) in [6, 6.07) is 10.1. The fraction of sp³-hybridized carbons (Fsp3) is 0.312. The molecule has 1 saturated heterocycles. The van der Waals surface area contributed by atoms with Crippen molar-refractivity contribution in [3.05, 3.63) is 42.7 Å². The van der Waals surface area contributed by atoms with Crippen molar-refractivity contribution in [3.63, 3.8) is 0 Å². The first-order valence-electron chi connectivity index (χ1n) is 7.27. The second-order valence-corrected chi connectivity index (χ2v) is 6.98. The lowest BCUT2D eigenvalue weighted by atomic mass is 10.4. The molecule has 1 aromatic heterocycles. The molecule has 0 N–H and O–H groups in total. The average Bonchev–Trinajstić information content (AvgIpc) is 3.09. The topological polar surface area (TPSA) is 46.1 Å². The number of hydrogen-bond donors (Lipinski definition) is 0. The van der Waals surface area contributed by atoms with Gasteiger partial charge in [0, 0.05) is 30.4 Å². The highest BCUT2D eigenvalue weighted by Gasteiger charge is 2.19. The van der Waals surface area contributed by atoms with Crippen molar-refractivity contribution in [2.24, 2.45) is 0 Å². The van der Waals surface area contributed by atoms with E-state index in [4.69, 9.17) is 0 Å². The Morgan fingerprint density at radius 3 is 2.45 bits per heavy atom. The first-order chi connectivity index (χ1) is 10.8. The molecule has 0 aliphatic carbocycles. The maximum Gasteiger partial charge on any atom is 0.232 e. The lowest BCUT2D eigenvalue weighted by Gasteiger charge is -2.14. The van der Waals surface area contributed by atoms with Crippen LogP contribution in [0.15, 0.2) is 57.7 Å². The molecule has 0 bridgehead atoms. The molecule has 2 aromatic rings. The predicted molar refractivity (Wildman–Crippen MR) is 89.1 cm³/mol. The number of likely N-dealkylation sites (tertiary alicyclic amines) is 1. The molecule has 1 aromatic carbocycles. The Hall–Kier alpha value is -1.53. The summed E-state index contributed by atoms with van der Waals surface area (Å²) in [4.78, 5) is 24.0. The molecule has 1 amide bonds. The van der Waals surface area contributed by atoms with Crippen molar-refractivity contribution in [2.45, 2.75) is 27.8 Å². The molecular formula is C16H17N3OS2. The van der Waals surface area contributed by atoms with Crippen LogP contribution in [0.5, 0.6) is 0 Å². The summed E-state index contributed by atoms with van der Waals surface area (Å²) >= 11 is 3.05. The van der Waals surface area contributed by atoms with Gasteiger partial charge in [-0.1, -0.05) is 41.7 Å². The Balaban J connectivity index is 1.64. The number of hydrogen-bond acceptors (Lipinski definition) is 5. The fourth-order valence-corrected chi connectivity index (χ4v) is 4.10. The van der Waals surface area contributed by atoms with Gasteiger partial charge in [-0.3, -0.25) is 4.79 Å². The van der Waals surface area contributed by atoms with E-state index in [1.54, 1.807) is 24.2 Å². The first-order valence-corrected chi connectivity index (χ1v) is 9.07. The van der Waals surface area contributed by atoms with Crippen LogP contribution in [0.25, 0.3) is 0 Å². The Bertz CT molecular complexity index is 630. The van der Waals surface area contributed by atoms with E-state index >= 15 is 0 Å². The number of thioether (sulfide) groups is 1. The van der Waals surface area contributed by atoms with Crippen molar-refractivity contribution in [1.82, 2.24) is 14.9 Å². The standard InChI is InChI=1S/C16H17N3OS2/c20-14(19-10-4-5-11-19)12-21-15-16(18-9-8-17-15)22-13-6-2-1-3-7-13/h1-3,6-9H,4-5,10-12H2. The van der Waals surface area contributed by atoms with E-state index < -0.39 is 0 Å².